The van der Waals surface area contributed by atoms with Crippen LogP contribution in [0.15, 0.2) is 36.9 Å². The van der Waals surface area contributed by atoms with Gasteiger partial charge in [-0.15, -0.1) is 6.58 Å². The fourth-order valence-corrected chi connectivity index (χ4v) is 2.66. The second-order valence-electron chi connectivity index (χ2n) is 5.46. The van der Waals surface area contributed by atoms with E-state index in [2.05, 4.69) is 11.7 Å². The number of aryl methyl sites for hydroxylation is 2. The van der Waals surface area contributed by atoms with Crippen molar-refractivity contribution in [1.82, 2.24) is 14.7 Å². The van der Waals surface area contributed by atoms with Crippen molar-refractivity contribution in [2.75, 3.05) is 13.7 Å². The summed E-state index contributed by atoms with van der Waals surface area (Å²) in [6.45, 7) is 8.45. The lowest BCUT2D eigenvalue weighted by Gasteiger charge is -2.22. The minimum absolute atomic E-state index is 0.0427. The highest BCUT2D eigenvalue weighted by Gasteiger charge is 2.23. The van der Waals surface area contributed by atoms with Gasteiger partial charge >= 0.3 is 0 Å². The Morgan fingerprint density at radius 2 is 2.09 bits per heavy atom. The van der Waals surface area contributed by atoms with Crippen molar-refractivity contribution in [3.8, 4) is 5.75 Å². The second-order valence-corrected chi connectivity index (χ2v) is 5.46. The molecule has 0 atom stereocenters. The molecule has 0 fully saturated rings. The summed E-state index contributed by atoms with van der Waals surface area (Å²) < 4.78 is 7.12. The van der Waals surface area contributed by atoms with Crippen LogP contribution in [0.1, 0.15) is 27.3 Å². The standard InChI is InChI=1S/C18H23N3O2/c1-6-11-21(12-15-9-7-8-10-16(15)23-5)18(22)17-13(2)19-20(4)14(17)3/h6-10H,1,11-12H2,2-5H3. The van der Waals surface area contributed by atoms with Gasteiger partial charge in [0, 0.05) is 31.4 Å². The maximum atomic E-state index is 13.0. The van der Waals surface area contributed by atoms with Gasteiger partial charge in [0.2, 0.25) is 0 Å². The summed E-state index contributed by atoms with van der Waals surface area (Å²) in [5.74, 6) is 0.730. The number of benzene rings is 1. The zero-order chi connectivity index (χ0) is 17.0. The maximum absolute atomic E-state index is 13.0. The highest BCUT2D eigenvalue weighted by atomic mass is 16.5. The lowest BCUT2D eigenvalue weighted by molar-refractivity contribution is 0.0760. The molecule has 0 saturated heterocycles. The van der Waals surface area contributed by atoms with Crippen LogP contribution in [0, 0.1) is 13.8 Å². The van der Waals surface area contributed by atoms with Crippen molar-refractivity contribution < 1.29 is 9.53 Å². The van der Waals surface area contributed by atoms with E-state index in [1.54, 1.807) is 22.8 Å². The van der Waals surface area contributed by atoms with Crippen LogP contribution in [-0.2, 0) is 13.6 Å². The summed E-state index contributed by atoms with van der Waals surface area (Å²) >= 11 is 0. The number of ether oxygens (including phenoxy) is 1. The van der Waals surface area contributed by atoms with Crippen LogP contribution in [0.2, 0.25) is 0 Å². The van der Waals surface area contributed by atoms with Crippen molar-refractivity contribution in [3.05, 3.63) is 59.4 Å². The lowest BCUT2D eigenvalue weighted by atomic mass is 10.1. The van der Waals surface area contributed by atoms with Crippen molar-refractivity contribution >= 4 is 5.91 Å². The van der Waals surface area contributed by atoms with E-state index in [-0.39, 0.29) is 5.91 Å². The molecule has 0 aliphatic heterocycles. The molecule has 122 valence electrons. The Morgan fingerprint density at radius 1 is 1.39 bits per heavy atom. The maximum Gasteiger partial charge on any atom is 0.258 e. The van der Waals surface area contributed by atoms with Crippen LogP contribution in [0.5, 0.6) is 5.75 Å². The number of nitrogens with zero attached hydrogens (tertiary/aromatic N) is 3. The molecule has 1 amide bonds. The fraction of sp³-hybridized carbons (Fsp3) is 0.333. The third-order valence-corrected chi connectivity index (χ3v) is 3.91. The molecule has 0 aliphatic carbocycles. The fourth-order valence-electron chi connectivity index (χ4n) is 2.66. The van der Waals surface area contributed by atoms with E-state index < -0.39 is 0 Å². The van der Waals surface area contributed by atoms with Crippen LogP contribution in [0.3, 0.4) is 0 Å². The molecule has 0 N–H and O–H groups in total. The number of amides is 1. The summed E-state index contributed by atoms with van der Waals surface area (Å²) in [7, 11) is 3.48. The molecule has 0 saturated carbocycles. The van der Waals surface area contributed by atoms with Gasteiger partial charge in [-0.25, -0.2) is 0 Å². The van der Waals surface area contributed by atoms with Crippen LogP contribution >= 0.6 is 0 Å². The zero-order valence-electron chi connectivity index (χ0n) is 14.2. The molecule has 0 bridgehead atoms. The Hall–Kier alpha value is -2.56. The van der Waals surface area contributed by atoms with Gasteiger partial charge in [-0.3, -0.25) is 9.48 Å². The number of aromatic nitrogens is 2. The predicted molar refractivity (Wildman–Crippen MR) is 90.6 cm³/mol. The van der Waals surface area contributed by atoms with Gasteiger partial charge in [0.25, 0.3) is 5.91 Å². The van der Waals surface area contributed by atoms with Crippen LogP contribution in [0.25, 0.3) is 0 Å². The molecule has 0 radical (unpaired) electrons. The van der Waals surface area contributed by atoms with E-state index in [0.29, 0.717) is 18.7 Å². The van der Waals surface area contributed by atoms with Crippen molar-refractivity contribution in [2.24, 2.45) is 7.05 Å². The SMILES string of the molecule is C=CCN(Cc1ccccc1OC)C(=O)c1c(C)nn(C)c1C. The first kappa shape index (κ1) is 16.8. The van der Waals surface area contributed by atoms with E-state index in [1.165, 1.54) is 0 Å². The van der Waals surface area contributed by atoms with Gasteiger partial charge in [-0.05, 0) is 19.9 Å². The summed E-state index contributed by atoms with van der Waals surface area (Å²) in [5, 5.41) is 4.33. The van der Waals surface area contributed by atoms with E-state index in [0.717, 1.165) is 22.7 Å². The van der Waals surface area contributed by atoms with Gasteiger partial charge < -0.3 is 9.64 Å². The summed E-state index contributed by atoms with van der Waals surface area (Å²) in [6.07, 6.45) is 1.73. The molecule has 23 heavy (non-hydrogen) atoms. The molecule has 2 aromatic rings. The molecule has 1 aromatic carbocycles. The first-order chi connectivity index (χ1) is 11.0. The monoisotopic (exact) mass is 313 g/mol. The largest absolute Gasteiger partial charge is 0.496 e. The molecule has 5 heteroatoms. The highest BCUT2D eigenvalue weighted by Crippen LogP contribution is 2.22. The van der Waals surface area contributed by atoms with Gasteiger partial charge in [-0.1, -0.05) is 24.3 Å². The lowest BCUT2D eigenvalue weighted by Crippen LogP contribution is -2.31. The Balaban J connectivity index is 2.34. The number of carbonyl (C=O) groups is 1. The molecule has 0 spiro atoms. The van der Waals surface area contributed by atoms with Crippen molar-refractivity contribution in [2.45, 2.75) is 20.4 Å². The number of carbonyl (C=O) groups excluding carboxylic acids is 1. The van der Waals surface area contributed by atoms with E-state index in [9.17, 15) is 4.79 Å². The zero-order valence-corrected chi connectivity index (χ0v) is 14.2. The first-order valence-corrected chi connectivity index (χ1v) is 7.51. The third-order valence-electron chi connectivity index (χ3n) is 3.91. The molecule has 0 aliphatic rings. The average Bonchev–Trinajstić information content (AvgIpc) is 2.79. The molecule has 1 heterocycles. The second kappa shape index (κ2) is 7.13. The quantitative estimate of drug-likeness (QED) is 0.771. The van der Waals surface area contributed by atoms with Gasteiger partial charge in [0.05, 0.1) is 18.4 Å². The summed E-state index contributed by atoms with van der Waals surface area (Å²) in [6, 6.07) is 7.71. The number of para-hydroxylation sites is 1. The minimum atomic E-state index is -0.0427. The first-order valence-electron chi connectivity index (χ1n) is 7.51. The Kier molecular flexibility index (Phi) is 5.21. The van der Waals surface area contributed by atoms with Gasteiger partial charge in [0.1, 0.15) is 5.75 Å². The van der Waals surface area contributed by atoms with Gasteiger partial charge in [-0.2, -0.15) is 5.10 Å². The topological polar surface area (TPSA) is 47.4 Å². The Bertz CT molecular complexity index is 719. The van der Waals surface area contributed by atoms with Crippen LogP contribution in [0.4, 0.5) is 0 Å². The van der Waals surface area contributed by atoms with E-state index in [1.807, 2.05) is 45.2 Å². The molecule has 5 nitrogen and oxygen atoms in total. The van der Waals surface area contributed by atoms with Crippen molar-refractivity contribution in [1.29, 1.82) is 0 Å². The summed E-state index contributed by atoms with van der Waals surface area (Å²) in [5.41, 5.74) is 3.22. The number of methoxy groups -OCH3 is 1. The Morgan fingerprint density at radius 3 is 2.65 bits per heavy atom. The molecular weight excluding hydrogens is 290 g/mol. The predicted octanol–water partition coefficient (Wildman–Crippen LogP) is 2.87. The number of rotatable bonds is 6. The molecule has 1 aromatic heterocycles. The molecule has 2 rings (SSSR count). The van der Waals surface area contributed by atoms with Crippen molar-refractivity contribution in [3.63, 3.8) is 0 Å². The average molecular weight is 313 g/mol. The minimum Gasteiger partial charge on any atom is -0.496 e. The molecule has 0 unspecified atom stereocenters. The number of hydrogen-bond acceptors (Lipinski definition) is 3. The van der Waals surface area contributed by atoms with E-state index in [4.69, 9.17) is 4.74 Å². The normalized spacial score (nSPS) is 10.4. The smallest absolute Gasteiger partial charge is 0.258 e. The molecular formula is C18H23N3O2. The number of hydrogen-bond donors (Lipinski definition) is 0. The summed E-state index contributed by atoms with van der Waals surface area (Å²) in [4.78, 5) is 14.7. The Labute approximate surface area is 137 Å². The third kappa shape index (κ3) is 3.44. The van der Waals surface area contributed by atoms with Crippen LogP contribution < -0.4 is 4.74 Å². The van der Waals surface area contributed by atoms with E-state index >= 15 is 0 Å². The van der Waals surface area contributed by atoms with Crippen LogP contribution in [-0.4, -0.2) is 34.2 Å². The highest BCUT2D eigenvalue weighted by molar-refractivity contribution is 5.96. The van der Waals surface area contributed by atoms with Gasteiger partial charge in [0.15, 0.2) is 0 Å².